The lowest BCUT2D eigenvalue weighted by molar-refractivity contribution is -0.140. The molecule has 33 heavy (non-hydrogen) atoms. The van der Waals surface area contributed by atoms with E-state index in [-0.39, 0.29) is 17.9 Å². The summed E-state index contributed by atoms with van der Waals surface area (Å²) in [7, 11) is 0. The maximum absolute atomic E-state index is 13.1. The summed E-state index contributed by atoms with van der Waals surface area (Å²) in [6.45, 7) is 2.79. The largest absolute Gasteiger partial charge is 0.494 e. The number of amides is 2. The summed E-state index contributed by atoms with van der Waals surface area (Å²) >= 11 is 5.90. The van der Waals surface area contributed by atoms with Crippen LogP contribution in [0.4, 0.5) is 0 Å². The van der Waals surface area contributed by atoms with Crippen molar-refractivity contribution in [3.63, 3.8) is 0 Å². The monoisotopic (exact) mass is 470 g/mol. The molecule has 1 saturated carbocycles. The Morgan fingerprint density at radius 2 is 1.76 bits per heavy atom. The van der Waals surface area contributed by atoms with Gasteiger partial charge in [0.25, 0.3) is 0 Å². The van der Waals surface area contributed by atoms with Crippen LogP contribution in [0.1, 0.15) is 57.4 Å². The molecule has 0 spiro atoms. The van der Waals surface area contributed by atoms with E-state index < -0.39 is 6.04 Å². The molecule has 5 nitrogen and oxygen atoms in total. The molecule has 0 saturated heterocycles. The zero-order chi connectivity index (χ0) is 23.5. The maximum atomic E-state index is 13.1. The normalized spacial score (nSPS) is 15.0. The van der Waals surface area contributed by atoms with Gasteiger partial charge in [-0.25, -0.2) is 0 Å². The van der Waals surface area contributed by atoms with Crippen molar-refractivity contribution in [3.8, 4) is 5.75 Å². The van der Waals surface area contributed by atoms with Gasteiger partial charge in [-0.3, -0.25) is 9.59 Å². The third-order valence-corrected chi connectivity index (χ3v) is 6.47. The number of rotatable bonds is 11. The van der Waals surface area contributed by atoms with Crippen molar-refractivity contribution in [1.29, 1.82) is 0 Å². The summed E-state index contributed by atoms with van der Waals surface area (Å²) in [5.41, 5.74) is 1.15. The molecule has 1 N–H and O–H groups in total. The third-order valence-electron chi connectivity index (χ3n) is 6.22. The van der Waals surface area contributed by atoms with Crippen molar-refractivity contribution in [2.75, 3.05) is 13.2 Å². The first-order valence-electron chi connectivity index (χ1n) is 12.0. The van der Waals surface area contributed by atoms with Gasteiger partial charge in [0.05, 0.1) is 6.61 Å². The highest BCUT2D eigenvalue weighted by Crippen LogP contribution is 2.19. The molecule has 2 amide bonds. The third kappa shape index (κ3) is 8.39. The molecular weight excluding hydrogens is 436 g/mol. The second-order valence-electron chi connectivity index (χ2n) is 8.75. The molecular formula is C27H35ClN2O3. The van der Waals surface area contributed by atoms with Gasteiger partial charge in [0.2, 0.25) is 11.8 Å². The molecule has 0 bridgehead atoms. The number of nitrogens with zero attached hydrogens (tertiary/aromatic N) is 1. The van der Waals surface area contributed by atoms with E-state index in [0.717, 1.165) is 43.4 Å². The fourth-order valence-corrected chi connectivity index (χ4v) is 4.35. The Labute approximate surface area is 202 Å². The van der Waals surface area contributed by atoms with Crippen LogP contribution in [0.5, 0.6) is 5.75 Å². The van der Waals surface area contributed by atoms with Crippen LogP contribution in [0.25, 0.3) is 0 Å². The number of hydrogen-bond donors (Lipinski definition) is 1. The van der Waals surface area contributed by atoms with Gasteiger partial charge >= 0.3 is 0 Å². The minimum absolute atomic E-state index is 0.0167. The van der Waals surface area contributed by atoms with Crippen molar-refractivity contribution in [3.05, 3.63) is 65.2 Å². The quantitative estimate of drug-likeness (QED) is 0.447. The molecule has 1 aliphatic carbocycles. The molecule has 1 unspecified atom stereocenters. The summed E-state index contributed by atoms with van der Waals surface area (Å²) < 4.78 is 5.72. The second kappa shape index (κ2) is 13.2. The highest BCUT2D eigenvalue weighted by Gasteiger charge is 2.27. The van der Waals surface area contributed by atoms with E-state index in [0.29, 0.717) is 31.0 Å². The molecule has 1 atom stereocenters. The van der Waals surface area contributed by atoms with Crippen molar-refractivity contribution >= 4 is 23.4 Å². The fraction of sp³-hybridized carbons (Fsp3) is 0.481. The standard InChI is InChI=1S/C27H35ClN2O3/c1-21(27(32)29-24-11-6-3-7-12-24)30(19-18-22-9-4-2-5-10-22)26(31)13-8-20-33-25-16-14-23(28)15-17-25/h2,4-5,9-10,14-17,21,24H,3,6-8,11-13,18-20H2,1H3,(H,29,32). The van der Waals surface area contributed by atoms with Crippen LogP contribution < -0.4 is 10.1 Å². The molecule has 0 aromatic heterocycles. The van der Waals surface area contributed by atoms with Crippen molar-refractivity contribution in [2.45, 2.75) is 70.4 Å². The van der Waals surface area contributed by atoms with Crippen LogP contribution in [0.2, 0.25) is 5.02 Å². The van der Waals surface area contributed by atoms with Crippen molar-refractivity contribution < 1.29 is 14.3 Å². The molecule has 0 aliphatic heterocycles. The lowest BCUT2D eigenvalue weighted by Gasteiger charge is -2.31. The van der Waals surface area contributed by atoms with Crippen LogP contribution >= 0.6 is 11.6 Å². The Morgan fingerprint density at radius 3 is 2.45 bits per heavy atom. The smallest absolute Gasteiger partial charge is 0.242 e. The first kappa shape index (κ1) is 25.1. The zero-order valence-electron chi connectivity index (χ0n) is 19.5. The van der Waals surface area contributed by atoms with Crippen LogP contribution in [0.15, 0.2) is 54.6 Å². The van der Waals surface area contributed by atoms with E-state index in [2.05, 4.69) is 17.4 Å². The number of carbonyl (C=O) groups is 2. The highest BCUT2D eigenvalue weighted by atomic mass is 35.5. The van der Waals surface area contributed by atoms with E-state index in [1.54, 1.807) is 17.0 Å². The topological polar surface area (TPSA) is 58.6 Å². The Balaban J connectivity index is 1.55. The number of benzene rings is 2. The van der Waals surface area contributed by atoms with Crippen LogP contribution in [0.3, 0.4) is 0 Å². The molecule has 3 rings (SSSR count). The number of hydrogen-bond acceptors (Lipinski definition) is 3. The SMILES string of the molecule is CC(C(=O)NC1CCCCC1)N(CCc1ccccc1)C(=O)CCCOc1ccc(Cl)cc1. The van der Waals surface area contributed by atoms with E-state index in [1.165, 1.54) is 6.42 Å². The summed E-state index contributed by atoms with van der Waals surface area (Å²) in [6.07, 6.45) is 7.24. The van der Waals surface area contributed by atoms with Gasteiger partial charge in [-0.1, -0.05) is 61.2 Å². The number of ether oxygens (including phenoxy) is 1. The molecule has 1 aliphatic rings. The van der Waals surface area contributed by atoms with Gasteiger partial charge in [-0.2, -0.15) is 0 Å². The lowest BCUT2D eigenvalue weighted by Crippen LogP contribution is -2.51. The average molecular weight is 471 g/mol. The summed E-state index contributed by atoms with van der Waals surface area (Å²) in [6, 6.07) is 17.0. The minimum atomic E-state index is -0.500. The lowest BCUT2D eigenvalue weighted by atomic mass is 9.95. The molecule has 178 valence electrons. The zero-order valence-corrected chi connectivity index (χ0v) is 20.2. The van der Waals surface area contributed by atoms with Gasteiger partial charge in [-0.15, -0.1) is 0 Å². The van der Waals surface area contributed by atoms with E-state index in [9.17, 15) is 9.59 Å². The predicted octanol–water partition coefficient (Wildman–Crippen LogP) is 5.41. The average Bonchev–Trinajstić information content (AvgIpc) is 2.84. The van der Waals surface area contributed by atoms with Crippen LogP contribution in [-0.2, 0) is 16.0 Å². The number of carbonyl (C=O) groups excluding carboxylic acids is 2. The molecule has 2 aromatic carbocycles. The van der Waals surface area contributed by atoms with Crippen LogP contribution in [-0.4, -0.2) is 41.9 Å². The first-order chi connectivity index (χ1) is 16.0. The summed E-state index contributed by atoms with van der Waals surface area (Å²) in [5, 5.41) is 3.84. The van der Waals surface area contributed by atoms with Crippen molar-refractivity contribution in [1.82, 2.24) is 10.2 Å². The van der Waals surface area contributed by atoms with Gasteiger partial charge in [0.1, 0.15) is 11.8 Å². The van der Waals surface area contributed by atoms with E-state index in [1.807, 2.05) is 37.3 Å². The van der Waals surface area contributed by atoms with E-state index in [4.69, 9.17) is 16.3 Å². The highest BCUT2D eigenvalue weighted by molar-refractivity contribution is 6.30. The summed E-state index contributed by atoms with van der Waals surface area (Å²) in [4.78, 5) is 27.8. The first-order valence-corrected chi connectivity index (χ1v) is 12.4. The molecule has 2 aromatic rings. The molecule has 1 fully saturated rings. The van der Waals surface area contributed by atoms with Gasteiger partial charge in [0, 0.05) is 24.0 Å². The Morgan fingerprint density at radius 1 is 1.06 bits per heavy atom. The fourth-order valence-electron chi connectivity index (χ4n) is 4.23. The van der Waals surface area contributed by atoms with Crippen LogP contribution in [0, 0.1) is 0 Å². The maximum Gasteiger partial charge on any atom is 0.242 e. The molecule has 0 heterocycles. The number of halogens is 1. The minimum Gasteiger partial charge on any atom is -0.494 e. The van der Waals surface area contributed by atoms with Crippen molar-refractivity contribution in [2.24, 2.45) is 0 Å². The van der Waals surface area contributed by atoms with E-state index >= 15 is 0 Å². The Hall–Kier alpha value is -2.53. The molecule has 6 heteroatoms. The van der Waals surface area contributed by atoms with Gasteiger partial charge in [-0.05, 0) is 62.4 Å². The Kier molecular flexibility index (Phi) is 10.1. The van der Waals surface area contributed by atoms with Gasteiger partial charge < -0.3 is 15.0 Å². The number of nitrogens with one attached hydrogen (secondary N) is 1. The Bertz CT molecular complexity index is 867. The van der Waals surface area contributed by atoms with Gasteiger partial charge in [0.15, 0.2) is 0 Å². The summed E-state index contributed by atoms with van der Waals surface area (Å²) in [5.74, 6) is 0.658. The predicted molar refractivity (Wildman–Crippen MR) is 133 cm³/mol. The molecule has 0 radical (unpaired) electrons. The second-order valence-corrected chi connectivity index (χ2v) is 9.18.